The lowest BCUT2D eigenvalue weighted by Gasteiger charge is -2.33. The number of nitro benzene ring substituents is 1. The maximum atomic E-state index is 14.2. The topological polar surface area (TPSA) is 139 Å². The second-order valence-corrected chi connectivity index (χ2v) is 13.6. The summed E-state index contributed by atoms with van der Waals surface area (Å²) in [5.41, 5.74) is 0.466. The summed E-state index contributed by atoms with van der Waals surface area (Å²) in [5.74, 6) is -0.979. The molecule has 0 aromatic heterocycles. The standard InChI is InChI=1S/C31H34Cl2N4O7S/c1-20-8-14-26(17-27(20)37(40)41)45(42,43)36(28-16-24(33)13-15-29(28)44-3)19-30(38)35(18-22-9-11-23(32)12-10-22)21(2)31(39)34-25-6-4-5-7-25/h8-17,21,25H,4-7,18-19H2,1-3H3,(H,34,39)/t21-/m1/s1. The molecule has 0 bridgehead atoms. The summed E-state index contributed by atoms with van der Waals surface area (Å²) in [6, 6.07) is 13.5. The first kappa shape index (κ1) is 34.0. The lowest BCUT2D eigenvalue weighted by molar-refractivity contribution is -0.385. The summed E-state index contributed by atoms with van der Waals surface area (Å²) in [7, 11) is -3.29. The summed E-state index contributed by atoms with van der Waals surface area (Å²) < 4.78 is 34.7. The van der Waals surface area contributed by atoms with Crippen molar-refractivity contribution in [3.63, 3.8) is 0 Å². The molecule has 3 aromatic rings. The van der Waals surface area contributed by atoms with E-state index < -0.39 is 44.0 Å². The average molecular weight is 678 g/mol. The summed E-state index contributed by atoms with van der Waals surface area (Å²) >= 11 is 12.3. The highest BCUT2D eigenvalue weighted by Gasteiger charge is 2.35. The van der Waals surface area contributed by atoms with Crippen LogP contribution in [0, 0.1) is 17.0 Å². The highest BCUT2D eigenvalue weighted by molar-refractivity contribution is 7.92. The Balaban J connectivity index is 1.78. The number of hydrogen-bond donors (Lipinski definition) is 1. The summed E-state index contributed by atoms with van der Waals surface area (Å²) in [6.07, 6.45) is 3.68. The van der Waals surface area contributed by atoms with E-state index in [1.54, 1.807) is 31.2 Å². The molecule has 0 aliphatic heterocycles. The molecule has 45 heavy (non-hydrogen) atoms. The van der Waals surface area contributed by atoms with Gasteiger partial charge in [0, 0.05) is 34.3 Å². The van der Waals surface area contributed by atoms with Crippen LogP contribution in [0.15, 0.2) is 65.6 Å². The number of amides is 2. The van der Waals surface area contributed by atoms with Crippen LogP contribution in [0.2, 0.25) is 10.0 Å². The van der Waals surface area contributed by atoms with Crippen LogP contribution in [0.25, 0.3) is 0 Å². The number of ether oxygens (including phenoxy) is 1. The van der Waals surface area contributed by atoms with Crippen molar-refractivity contribution in [1.29, 1.82) is 0 Å². The average Bonchev–Trinajstić information content (AvgIpc) is 3.52. The molecule has 3 aromatic carbocycles. The zero-order chi connectivity index (χ0) is 32.9. The van der Waals surface area contributed by atoms with Gasteiger partial charge in [0.25, 0.3) is 15.7 Å². The molecule has 2 amide bonds. The maximum Gasteiger partial charge on any atom is 0.273 e. The van der Waals surface area contributed by atoms with Crippen LogP contribution in [-0.2, 0) is 26.2 Å². The van der Waals surface area contributed by atoms with Gasteiger partial charge >= 0.3 is 0 Å². The van der Waals surface area contributed by atoms with Gasteiger partial charge in [0.15, 0.2) is 0 Å². The number of nitrogens with zero attached hydrogens (tertiary/aromatic N) is 3. The van der Waals surface area contributed by atoms with Gasteiger partial charge in [-0.3, -0.25) is 24.0 Å². The largest absolute Gasteiger partial charge is 0.495 e. The molecule has 1 aliphatic carbocycles. The fraction of sp³-hybridized carbons (Fsp3) is 0.355. The normalized spacial score (nSPS) is 14.1. The summed E-state index contributed by atoms with van der Waals surface area (Å²) in [6.45, 7) is 2.28. The van der Waals surface area contributed by atoms with Crippen molar-refractivity contribution in [3.8, 4) is 5.75 Å². The third-order valence-electron chi connectivity index (χ3n) is 7.79. The molecule has 1 atom stereocenters. The number of benzene rings is 3. The third kappa shape index (κ3) is 8.05. The number of carbonyl (C=O) groups excluding carboxylic acids is 2. The van der Waals surface area contributed by atoms with E-state index in [0.717, 1.165) is 36.1 Å². The lowest BCUT2D eigenvalue weighted by Crippen LogP contribution is -2.52. The number of sulfonamides is 1. The van der Waals surface area contributed by atoms with Crippen molar-refractivity contribution in [2.45, 2.75) is 63.1 Å². The zero-order valence-corrected chi connectivity index (χ0v) is 27.4. The zero-order valence-electron chi connectivity index (χ0n) is 25.0. The number of carbonyl (C=O) groups is 2. The minimum absolute atomic E-state index is 0.00244. The van der Waals surface area contributed by atoms with Gasteiger partial charge in [-0.25, -0.2) is 8.42 Å². The molecule has 0 saturated heterocycles. The van der Waals surface area contributed by atoms with Crippen molar-refractivity contribution < 1.29 is 27.7 Å². The second kappa shape index (κ2) is 14.5. The van der Waals surface area contributed by atoms with Gasteiger partial charge in [-0.2, -0.15) is 0 Å². The van der Waals surface area contributed by atoms with E-state index in [1.807, 2.05) is 0 Å². The summed E-state index contributed by atoms with van der Waals surface area (Å²) in [5, 5.41) is 15.3. The molecule has 1 fully saturated rings. The molecule has 14 heteroatoms. The third-order valence-corrected chi connectivity index (χ3v) is 10.0. The van der Waals surface area contributed by atoms with Gasteiger partial charge in [0.2, 0.25) is 11.8 Å². The highest BCUT2D eigenvalue weighted by atomic mass is 35.5. The summed E-state index contributed by atoms with van der Waals surface area (Å²) in [4.78, 5) is 39.5. The lowest BCUT2D eigenvalue weighted by atomic mass is 10.1. The van der Waals surface area contributed by atoms with E-state index in [-0.39, 0.29) is 40.5 Å². The van der Waals surface area contributed by atoms with Crippen LogP contribution in [0.5, 0.6) is 5.75 Å². The van der Waals surface area contributed by atoms with E-state index in [2.05, 4.69) is 5.32 Å². The number of aryl methyl sites for hydroxylation is 1. The highest BCUT2D eigenvalue weighted by Crippen LogP contribution is 2.36. The molecule has 1 saturated carbocycles. The van der Waals surface area contributed by atoms with Crippen molar-refractivity contribution in [3.05, 3.63) is 92.0 Å². The Morgan fingerprint density at radius 3 is 2.31 bits per heavy atom. The minimum atomic E-state index is -4.62. The number of hydrogen-bond acceptors (Lipinski definition) is 7. The first-order valence-corrected chi connectivity index (χ1v) is 16.5. The predicted molar refractivity (Wildman–Crippen MR) is 172 cm³/mol. The second-order valence-electron chi connectivity index (χ2n) is 10.8. The van der Waals surface area contributed by atoms with Crippen LogP contribution >= 0.6 is 23.2 Å². The molecule has 1 aliphatic rings. The molecular weight excluding hydrogens is 643 g/mol. The van der Waals surface area contributed by atoms with Crippen LogP contribution in [0.1, 0.15) is 43.7 Å². The predicted octanol–water partition coefficient (Wildman–Crippen LogP) is 5.89. The monoisotopic (exact) mass is 676 g/mol. The van der Waals surface area contributed by atoms with Gasteiger partial charge in [-0.15, -0.1) is 0 Å². The Kier molecular flexibility index (Phi) is 10.9. The fourth-order valence-corrected chi connectivity index (χ4v) is 6.94. The van der Waals surface area contributed by atoms with Crippen molar-refractivity contribution >= 4 is 56.4 Å². The van der Waals surface area contributed by atoms with E-state index in [4.69, 9.17) is 27.9 Å². The molecule has 0 heterocycles. The first-order valence-electron chi connectivity index (χ1n) is 14.3. The Hall–Kier alpha value is -3.87. The Morgan fingerprint density at radius 1 is 1.04 bits per heavy atom. The Bertz CT molecular complexity index is 1680. The van der Waals surface area contributed by atoms with E-state index in [0.29, 0.717) is 10.6 Å². The van der Waals surface area contributed by atoms with Crippen LogP contribution in [0.3, 0.4) is 0 Å². The molecule has 0 unspecified atom stereocenters. The van der Waals surface area contributed by atoms with Crippen molar-refractivity contribution in [1.82, 2.24) is 10.2 Å². The fourth-order valence-electron chi connectivity index (χ4n) is 5.21. The molecule has 11 nitrogen and oxygen atoms in total. The number of anilines is 1. The number of nitrogens with one attached hydrogen (secondary N) is 1. The Morgan fingerprint density at radius 2 is 1.69 bits per heavy atom. The maximum absolute atomic E-state index is 14.2. The van der Waals surface area contributed by atoms with Crippen LogP contribution in [-0.4, -0.2) is 55.8 Å². The van der Waals surface area contributed by atoms with Crippen molar-refractivity contribution in [2.24, 2.45) is 0 Å². The van der Waals surface area contributed by atoms with Crippen LogP contribution < -0.4 is 14.4 Å². The molecule has 0 spiro atoms. The quantitative estimate of drug-likeness (QED) is 0.186. The molecule has 0 radical (unpaired) electrons. The van der Waals surface area contributed by atoms with Gasteiger partial charge in [0.1, 0.15) is 18.3 Å². The number of methoxy groups -OCH3 is 1. The first-order chi connectivity index (χ1) is 21.3. The number of nitro groups is 1. The molecule has 1 N–H and O–H groups in total. The van der Waals surface area contributed by atoms with Gasteiger partial charge in [-0.05, 0) is 68.7 Å². The SMILES string of the molecule is COc1ccc(Cl)cc1N(CC(=O)N(Cc1ccc(Cl)cc1)[C@H](C)C(=O)NC1CCCC1)S(=O)(=O)c1ccc(C)c([N+](=O)[O-])c1. The van der Waals surface area contributed by atoms with E-state index >= 15 is 0 Å². The van der Waals surface area contributed by atoms with Crippen LogP contribution in [0.4, 0.5) is 11.4 Å². The minimum Gasteiger partial charge on any atom is -0.495 e. The molecular formula is C31H34Cl2N4O7S. The van der Waals surface area contributed by atoms with Gasteiger partial charge < -0.3 is 15.0 Å². The number of halogens is 2. The molecule has 240 valence electrons. The molecule has 4 rings (SSSR count). The Labute approximate surface area is 272 Å². The van der Waals surface area contributed by atoms with E-state index in [1.165, 1.54) is 49.3 Å². The number of rotatable bonds is 12. The van der Waals surface area contributed by atoms with Crippen molar-refractivity contribution in [2.75, 3.05) is 18.0 Å². The van der Waals surface area contributed by atoms with Gasteiger partial charge in [-0.1, -0.05) is 54.2 Å². The van der Waals surface area contributed by atoms with E-state index in [9.17, 15) is 28.1 Å². The van der Waals surface area contributed by atoms with Gasteiger partial charge in [0.05, 0.1) is 22.6 Å². The smallest absolute Gasteiger partial charge is 0.273 e.